The van der Waals surface area contributed by atoms with Crippen LogP contribution in [0.5, 0.6) is 11.5 Å². The van der Waals surface area contributed by atoms with Crippen LogP contribution in [0.25, 0.3) is 10.8 Å². The Morgan fingerprint density at radius 1 is 0.811 bits per heavy atom. The number of carboxylic acid groups (broad SMARTS) is 1. The van der Waals surface area contributed by atoms with Crippen molar-refractivity contribution in [2.45, 2.75) is 38.8 Å². The summed E-state index contributed by atoms with van der Waals surface area (Å²) in [6.45, 7) is 3.25. The highest BCUT2D eigenvalue weighted by molar-refractivity contribution is 6.00. The number of carboxylic acids is 1. The van der Waals surface area contributed by atoms with Gasteiger partial charge in [-0.05, 0) is 64.7 Å². The van der Waals surface area contributed by atoms with Gasteiger partial charge in [0.25, 0.3) is 5.91 Å². The number of ether oxygens (including phenoxy) is 2. The van der Waals surface area contributed by atoms with Gasteiger partial charge in [-0.3, -0.25) is 4.79 Å². The summed E-state index contributed by atoms with van der Waals surface area (Å²) in [7, 11) is 0. The quantitative estimate of drug-likeness (QED) is 0.234. The minimum Gasteiger partial charge on any atom is -0.494 e. The fourth-order valence-electron chi connectivity index (χ4n) is 3.97. The van der Waals surface area contributed by atoms with Crippen molar-refractivity contribution in [1.29, 1.82) is 0 Å². The van der Waals surface area contributed by atoms with Gasteiger partial charge < -0.3 is 19.9 Å². The van der Waals surface area contributed by atoms with Crippen LogP contribution in [0, 0.1) is 0 Å². The van der Waals surface area contributed by atoms with Crippen LogP contribution >= 0.6 is 0 Å². The Morgan fingerprint density at radius 3 is 2.32 bits per heavy atom. The fraction of sp³-hybridized carbons (Fsp3) is 0.226. The monoisotopic (exact) mass is 497 g/mol. The van der Waals surface area contributed by atoms with E-state index in [9.17, 15) is 14.7 Å². The van der Waals surface area contributed by atoms with Crippen molar-refractivity contribution >= 4 is 22.6 Å². The van der Waals surface area contributed by atoms with Crippen LogP contribution in [0.1, 0.15) is 41.3 Å². The Bertz CT molecular complexity index is 1350. The molecule has 0 radical (unpaired) electrons. The van der Waals surface area contributed by atoms with Gasteiger partial charge in [-0.2, -0.15) is 0 Å². The first-order valence-corrected chi connectivity index (χ1v) is 12.5. The second kappa shape index (κ2) is 12.6. The van der Waals surface area contributed by atoms with Crippen molar-refractivity contribution in [3.8, 4) is 11.5 Å². The molecule has 0 fully saturated rings. The molecule has 37 heavy (non-hydrogen) atoms. The van der Waals surface area contributed by atoms with Crippen molar-refractivity contribution in [2.24, 2.45) is 0 Å². The number of hydrogen-bond donors (Lipinski definition) is 2. The molecule has 1 amide bonds. The number of rotatable bonds is 12. The summed E-state index contributed by atoms with van der Waals surface area (Å²) in [5.41, 5.74) is 2.27. The highest BCUT2D eigenvalue weighted by Crippen LogP contribution is 2.24. The van der Waals surface area contributed by atoms with Gasteiger partial charge in [-0.1, -0.05) is 67.9 Å². The molecule has 4 aromatic carbocycles. The molecule has 0 saturated carbocycles. The smallest absolute Gasteiger partial charge is 0.326 e. The largest absolute Gasteiger partial charge is 0.494 e. The second-order valence-electron chi connectivity index (χ2n) is 8.92. The van der Waals surface area contributed by atoms with E-state index in [2.05, 4.69) is 12.2 Å². The zero-order chi connectivity index (χ0) is 26.0. The Labute approximate surface area is 216 Å². The molecular formula is C31H31NO5. The van der Waals surface area contributed by atoms with Crippen LogP contribution < -0.4 is 14.8 Å². The van der Waals surface area contributed by atoms with Crippen LogP contribution in [0.3, 0.4) is 0 Å². The molecule has 1 unspecified atom stereocenters. The van der Waals surface area contributed by atoms with Gasteiger partial charge in [-0.25, -0.2) is 4.79 Å². The molecule has 0 aliphatic carbocycles. The molecule has 0 heterocycles. The third kappa shape index (κ3) is 7.34. The van der Waals surface area contributed by atoms with Gasteiger partial charge in [0.2, 0.25) is 0 Å². The molecule has 0 aromatic heterocycles. The Hall–Kier alpha value is -4.32. The second-order valence-corrected chi connectivity index (χ2v) is 8.92. The molecule has 2 N–H and O–H groups in total. The predicted molar refractivity (Wildman–Crippen MR) is 144 cm³/mol. The molecule has 0 saturated heterocycles. The van der Waals surface area contributed by atoms with E-state index in [1.807, 2.05) is 78.9 Å². The molecule has 0 aliphatic heterocycles. The van der Waals surface area contributed by atoms with Crippen molar-refractivity contribution in [3.63, 3.8) is 0 Å². The number of nitrogens with one attached hydrogen (secondary N) is 1. The van der Waals surface area contributed by atoms with Gasteiger partial charge in [-0.15, -0.1) is 0 Å². The fourth-order valence-corrected chi connectivity index (χ4v) is 3.97. The Balaban J connectivity index is 1.39. The first kappa shape index (κ1) is 25.8. The molecule has 0 bridgehead atoms. The van der Waals surface area contributed by atoms with E-state index in [-0.39, 0.29) is 6.42 Å². The SMILES string of the molecule is CCCCOc1cccc(COc2ccc3cc(C(=O)NC(Cc4ccccc4)C(=O)O)ccc3c2)c1. The zero-order valence-corrected chi connectivity index (χ0v) is 20.9. The normalized spacial score (nSPS) is 11.6. The van der Waals surface area contributed by atoms with Gasteiger partial charge in [0.05, 0.1) is 6.61 Å². The molecule has 6 heteroatoms. The molecule has 4 aromatic rings. The van der Waals surface area contributed by atoms with Crippen LogP contribution in [-0.4, -0.2) is 29.6 Å². The van der Waals surface area contributed by atoms with E-state index in [4.69, 9.17) is 9.47 Å². The minimum atomic E-state index is -1.07. The highest BCUT2D eigenvalue weighted by atomic mass is 16.5. The van der Waals surface area contributed by atoms with E-state index in [0.717, 1.165) is 46.2 Å². The summed E-state index contributed by atoms with van der Waals surface area (Å²) in [4.78, 5) is 24.5. The molecule has 0 spiro atoms. The summed E-state index contributed by atoms with van der Waals surface area (Å²) in [5, 5.41) is 14.0. The maximum Gasteiger partial charge on any atom is 0.326 e. The van der Waals surface area contributed by atoms with Crippen molar-refractivity contribution in [2.75, 3.05) is 6.61 Å². The highest BCUT2D eigenvalue weighted by Gasteiger charge is 2.21. The molecule has 1 atom stereocenters. The number of amides is 1. The number of benzene rings is 4. The van der Waals surface area contributed by atoms with E-state index < -0.39 is 17.9 Å². The van der Waals surface area contributed by atoms with Gasteiger partial charge >= 0.3 is 5.97 Å². The average molecular weight is 498 g/mol. The number of carbonyl (C=O) groups excluding carboxylic acids is 1. The van der Waals surface area contributed by atoms with Crippen LogP contribution in [0.4, 0.5) is 0 Å². The first-order valence-electron chi connectivity index (χ1n) is 12.5. The van der Waals surface area contributed by atoms with Crippen molar-refractivity contribution in [3.05, 3.63) is 108 Å². The zero-order valence-electron chi connectivity index (χ0n) is 20.9. The van der Waals surface area contributed by atoms with Gasteiger partial charge in [0, 0.05) is 12.0 Å². The van der Waals surface area contributed by atoms with E-state index in [1.54, 1.807) is 12.1 Å². The summed E-state index contributed by atoms with van der Waals surface area (Å²) in [5.74, 6) is 0.0630. The molecule has 6 nitrogen and oxygen atoms in total. The lowest BCUT2D eigenvalue weighted by molar-refractivity contribution is -0.139. The van der Waals surface area contributed by atoms with Crippen LogP contribution in [0.2, 0.25) is 0 Å². The van der Waals surface area contributed by atoms with Crippen LogP contribution in [0.15, 0.2) is 91.0 Å². The average Bonchev–Trinajstić information content (AvgIpc) is 2.92. The number of unbranched alkanes of at least 4 members (excludes halogenated alkanes) is 1. The maximum atomic E-state index is 12.8. The first-order chi connectivity index (χ1) is 18.0. The summed E-state index contributed by atoms with van der Waals surface area (Å²) >= 11 is 0. The molecule has 0 aliphatic rings. The van der Waals surface area contributed by atoms with E-state index in [1.165, 1.54) is 0 Å². The minimum absolute atomic E-state index is 0.212. The number of fused-ring (bicyclic) bond motifs is 1. The van der Waals surface area contributed by atoms with E-state index >= 15 is 0 Å². The summed E-state index contributed by atoms with van der Waals surface area (Å²) in [6, 6.07) is 27.1. The lowest BCUT2D eigenvalue weighted by Gasteiger charge is -2.15. The molecular weight excluding hydrogens is 466 g/mol. The van der Waals surface area contributed by atoms with Crippen LogP contribution in [-0.2, 0) is 17.8 Å². The third-order valence-electron chi connectivity index (χ3n) is 6.03. The van der Waals surface area contributed by atoms with E-state index in [0.29, 0.717) is 18.8 Å². The van der Waals surface area contributed by atoms with Gasteiger partial charge in [0.15, 0.2) is 0 Å². The standard InChI is InChI=1S/C31H31NO5/c1-2-3-16-36-27-11-7-10-23(17-27)21-37-28-15-14-24-19-26(13-12-25(24)20-28)30(33)32-29(31(34)35)18-22-8-5-4-6-9-22/h4-15,17,19-20,29H,2-3,16,18,21H2,1H3,(H,32,33)(H,34,35). The van der Waals surface area contributed by atoms with Gasteiger partial charge in [0.1, 0.15) is 24.1 Å². The third-order valence-corrected chi connectivity index (χ3v) is 6.03. The molecule has 190 valence electrons. The summed E-state index contributed by atoms with van der Waals surface area (Å²) in [6.07, 6.45) is 2.33. The summed E-state index contributed by atoms with van der Waals surface area (Å²) < 4.78 is 11.8. The lowest BCUT2D eigenvalue weighted by Crippen LogP contribution is -2.42. The number of hydrogen-bond acceptors (Lipinski definition) is 4. The predicted octanol–water partition coefficient (Wildman–Crippen LogP) is 6.02. The van der Waals surface area contributed by atoms with Crippen molar-refractivity contribution in [1.82, 2.24) is 5.32 Å². The number of carbonyl (C=O) groups is 2. The number of aliphatic carboxylic acids is 1. The topological polar surface area (TPSA) is 84.9 Å². The molecule has 4 rings (SSSR count). The maximum absolute atomic E-state index is 12.8. The Morgan fingerprint density at radius 2 is 1.54 bits per heavy atom. The Kier molecular flexibility index (Phi) is 8.76. The lowest BCUT2D eigenvalue weighted by atomic mass is 10.0. The van der Waals surface area contributed by atoms with Crippen molar-refractivity contribution < 1.29 is 24.2 Å².